The first-order chi connectivity index (χ1) is 5.66. The number of carbonyl (C=O) groups excluding carboxylic acids is 1. The molecule has 0 unspecified atom stereocenters. The van der Waals surface area contributed by atoms with Crippen LogP contribution in [0.4, 0.5) is 0 Å². The number of Topliss-reactive ketones (excluding diaryl/α,β-unsaturated/α-hetero) is 1. The highest BCUT2D eigenvalue weighted by Crippen LogP contribution is 2.27. The van der Waals surface area contributed by atoms with Crippen LogP contribution in [0.1, 0.15) is 10.4 Å². The van der Waals surface area contributed by atoms with E-state index in [0.29, 0.717) is 4.47 Å². The van der Waals surface area contributed by atoms with Gasteiger partial charge in [0.05, 0.1) is 16.6 Å². The SMILES string of the molecule is NCC(=O)c1cccc(Br)c1O. The zero-order valence-corrected chi connectivity index (χ0v) is 7.84. The fourth-order valence-electron chi connectivity index (χ4n) is 0.850. The van der Waals surface area contributed by atoms with Crippen LogP contribution in [-0.4, -0.2) is 17.4 Å². The number of nitrogens with two attached hydrogens (primary N) is 1. The summed E-state index contributed by atoms with van der Waals surface area (Å²) < 4.78 is 0.502. The number of ketones is 1. The molecule has 0 amide bonds. The number of rotatable bonds is 2. The minimum atomic E-state index is -0.270. The van der Waals surface area contributed by atoms with Crippen LogP contribution < -0.4 is 5.73 Å². The molecule has 0 aromatic heterocycles. The molecule has 0 bridgehead atoms. The maximum atomic E-state index is 11.1. The molecule has 0 aliphatic heterocycles. The van der Waals surface area contributed by atoms with Gasteiger partial charge in [-0.25, -0.2) is 0 Å². The van der Waals surface area contributed by atoms with Crippen molar-refractivity contribution in [1.82, 2.24) is 0 Å². The molecule has 0 aliphatic carbocycles. The number of phenols is 1. The van der Waals surface area contributed by atoms with Crippen molar-refractivity contribution < 1.29 is 9.90 Å². The summed E-state index contributed by atoms with van der Waals surface area (Å²) in [6.45, 7) is -0.0932. The van der Waals surface area contributed by atoms with Crippen molar-refractivity contribution in [3.63, 3.8) is 0 Å². The van der Waals surface area contributed by atoms with Gasteiger partial charge >= 0.3 is 0 Å². The third kappa shape index (κ3) is 1.65. The average Bonchev–Trinajstić information content (AvgIpc) is 2.08. The smallest absolute Gasteiger partial charge is 0.180 e. The monoisotopic (exact) mass is 229 g/mol. The van der Waals surface area contributed by atoms with E-state index in [1.54, 1.807) is 12.1 Å². The van der Waals surface area contributed by atoms with Crippen LogP contribution in [0.3, 0.4) is 0 Å². The van der Waals surface area contributed by atoms with Crippen LogP contribution in [0.25, 0.3) is 0 Å². The summed E-state index contributed by atoms with van der Waals surface area (Å²) in [7, 11) is 0. The molecule has 64 valence electrons. The summed E-state index contributed by atoms with van der Waals surface area (Å²) in [5.74, 6) is -0.318. The summed E-state index contributed by atoms with van der Waals surface area (Å²) >= 11 is 3.10. The van der Waals surface area contributed by atoms with Gasteiger partial charge in [-0.1, -0.05) is 6.07 Å². The Labute approximate surface area is 78.3 Å². The first-order valence-electron chi connectivity index (χ1n) is 3.37. The van der Waals surface area contributed by atoms with Gasteiger partial charge in [-0.05, 0) is 28.1 Å². The summed E-state index contributed by atoms with van der Waals surface area (Å²) in [5, 5.41) is 9.38. The largest absolute Gasteiger partial charge is 0.506 e. The van der Waals surface area contributed by atoms with Crippen LogP contribution in [-0.2, 0) is 0 Å². The Bertz CT molecular complexity index is 312. The number of halogens is 1. The molecule has 3 nitrogen and oxygen atoms in total. The zero-order chi connectivity index (χ0) is 9.14. The highest BCUT2D eigenvalue weighted by atomic mass is 79.9. The predicted octanol–water partition coefficient (Wildman–Crippen LogP) is 1.30. The van der Waals surface area contributed by atoms with E-state index in [4.69, 9.17) is 5.73 Å². The molecule has 0 radical (unpaired) electrons. The molecule has 0 heterocycles. The number of benzene rings is 1. The van der Waals surface area contributed by atoms with Gasteiger partial charge in [0.15, 0.2) is 5.78 Å². The van der Waals surface area contributed by atoms with Gasteiger partial charge in [-0.2, -0.15) is 0 Å². The lowest BCUT2D eigenvalue weighted by molar-refractivity contribution is 0.0998. The van der Waals surface area contributed by atoms with E-state index in [9.17, 15) is 9.90 Å². The van der Waals surface area contributed by atoms with Gasteiger partial charge in [0, 0.05) is 0 Å². The van der Waals surface area contributed by atoms with E-state index in [1.165, 1.54) is 6.07 Å². The van der Waals surface area contributed by atoms with Crippen LogP contribution >= 0.6 is 15.9 Å². The molecule has 1 aromatic carbocycles. The number of phenolic OH excluding ortho intramolecular Hbond substituents is 1. The van der Waals surface area contributed by atoms with Gasteiger partial charge in [-0.3, -0.25) is 4.79 Å². The molecule has 0 aliphatic rings. The highest BCUT2D eigenvalue weighted by molar-refractivity contribution is 9.10. The normalized spacial score (nSPS) is 9.83. The second-order valence-electron chi connectivity index (χ2n) is 2.26. The lowest BCUT2D eigenvalue weighted by Gasteiger charge is -2.02. The van der Waals surface area contributed by atoms with Crippen molar-refractivity contribution in [2.24, 2.45) is 5.73 Å². The molecule has 12 heavy (non-hydrogen) atoms. The number of carbonyl (C=O) groups is 1. The van der Waals surface area contributed by atoms with Gasteiger partial charge in [0.1, 0.15) is 5.75 Å². The first kappa shape index (κ1) is 9.22. The van der Waals surface area contributed by atoms with Crippen LogP contribution in [0.2, 0.25) is 0 Å². The van der Waals surface area contributed by atoms with Gasteiger partial charge < -0.3 is 10.8 Å². The van der Waals surface area contributed by atoms with E-state index >= 15 is 0 Å². The zero-order valence-electron chi connectivity index (χ0n) is 6.25. The molecule has 1 rings (SSSR count). The quantitative estimate of drug-likeness (QED) is 0.752. The van der Waals surface area contributed by atoms with Crippen LogP contribution in [0.15, 0.2) is 22.7 Å². The Balaban J connectivity index is 3.16. The van der Waals surface area contributed by atoms with E-state index < -0.39 is 0 Å². The third-order valence-electron chi connectivity index (χ3n) is 1.47. The number of hydrogen-bond donors (Lipinski definition) is 2. The summed E-state index contributed by atoms with van der Waals surface area (Å²) in [5.41, 5.74) is 5.40. The number of hydrogen-bond acceptors (Lipinski definition) is 3. The van der Waals surface area contributed by atoms with Crippen molar-refractivity contribution in [3.8, 4) is 5.75 Å². The molecule has 0 fully saturated rings. The second-order valence-corrected chi connectivity index (χ2v) is 3.12. The van der Waals surface area contributed by atoms with Crippen molar-refractivity contribution in [1.29, 1.82) is 0 Å². The van der Waals surface area contributed by atoms with Crippen LogP contribution in [0, 0.1) is 0 Å². The minimum absolute atomic E-state index is 0.0482. The number of aromatic hydroxyl groups is 1. The third-order valence-corrected chi connectivity index (χ3v) is 2.11. The molecule has 0 saturated carbocycles. The lowest BCUT2D eigenvalue weighted by atomic mass is 10.1. The van der Waals surface area contributed by atoms with Crippen molar-refractivity contribution >= 4 is 21.7 Å². The first-order valence-corrected chi connectivity index (χ1v) is 4.17. The highest BCUT2D eigenvalue weighted by Gasteiger charge is 2.10. The fraction of sp³-hybridized carbons (Fsp3) is 0.125. The molecule has 4 heteroatoms. The van der Waals surface area contributed by atoms with E-state index in [1.807, 2.05) is 0 Å². The van der Waals surface area contributed by atoms with Crippen LogP contribution in [0.5, 0.6) is 5.75 Å². The molecule has 3 N–H and O–H groups in total. The Morgan fingerprint density at radius 3 is 2.83 bits per heavy atom. The Hall–Kier alpha value is -0.870. The van der Waals surface area contributed by atoms with Gasteiger partial charge in [0.2, 0.25) is 0 Å². The maximum absolute atomic E-state index is 11.1. The lowest BCUT2D eigenvalue weighted by Crippen LogP contribution is -2.13. The summed E-state index contributed by atoms with van der Waals surface area (Å²) in [6.07, 6.45) is 0. The van der Waals surface area contributed by atoms with Crippen molar-refractivity contribution in [2.75, 3.05) is 6.54 Å². The average molecular weight is 230 g/mol. The van der Waals surface area contributed by atoms with E-state index in [0.717, 1.165) is 0 Å². The van der Waals surface area contributed by atoms with Crippen molar-refractivity contribution in [2.45, 2.75) is 0 Å². The molecule has 0 atom stereocenters. The standard InChI is InChI=1S/C8H8BrNO2/c9-6-3-1-2-5(8(6)12)7(11)4-10/h1-3,12H,4,10H2. The Morgan fingerprint density at radius 2 is 2.25 bits per heavy atom. The fourth-order valence-corrected chi connectivity index (χ4v) is 1.22. The summed E-state index contributed by atoms with van der Waals surface area (Å²) in [6, 6.07) is 4.87. The molecule has 1 aromatic rings. The second kappa shape index (κ2) is 3.69. The van der Waals surface area contributed by atoms with Gasteiger partial charge in [0.25, 0.3) is 0 Å². The molecular weight excluding hydrogens is 222 g/mol. The molecular formula is C8H8BrNO2. The van der Waals surface area contributed by atoms with E-state index in [2.05, 4.69) is 15.9 Å². The number of para-hydroxylation sites is 1. The predicted molar refractivity (Wildman–Crippen MR) is 49.2 cm³/mol. The van der Waals surface area contributed by atoms with E-state index in [-0.39, 0.29) is 23.6 Å². The minimum Gasteiger partial charge on any atom is -0.506 e. The summed E-state index contributed by atoms with van der Waals surface area (Å²) in [4.78, 5) is 11.1. The molecule has 0 spiro atoms. The Morgan fingerprint density at radius 1 is 1.58 bits per heavy atom. The molecule has 0 saturated heterocycles. The Kier molecular flexibility index (Phi) is 2.83. The maximum Gasteiger partial charge on any atom is 0.180 e. The van der Waals surface area contributed by atoms with Crippen molar-refractivity contribution in [3.05, 3.63) is 28.2 Å². The van der Waals surface area contributed by atoms with Gasteiger partial charge in [-0.15, -0.1) is 0 Å². The topological polar surface area (TPSA) is 63.3 Å².